The Morgan fingerprint density at radius 3 is 2.48 bits per heavy atom. The van der Waals surface area contributed by atoms with Crippen molar-refractivity contribution in [3.63, 3.8) is 0 Å². The molecule has 27 heavy (non-hydrogen) atoms. The van der Waals surface area contributed by atoms with Crippen LogP contribution >= 0.6 is 0 Å². The molecule has 2 aromatic rings. The number of halogens is 2. The highest BCUT2D eigenvalue weighted by Gasteiger charge is 2.21. The monoisotopic (exact) mass is 375 g/mol. The Morgan fingerprint density at radius 1 is 1.19 bits per heavy atom. The molecule has 0 aliphatic heterocycles. The molecule has 0 saturated heterocycles. The summed E-state index contributed by atoms with van der Waals surface area (Å²) in [5.41, 5.74) is 1.61. The Hall–Kier alpha value is -2.96. The van der Waals surface area contributed by atoms with Crippen LogP contribution in [0.1, 0.15) is 31.7 Å². The van der Waals surface area contributed by atoms with E-state index >= 15 is 0 Å². The number of aromatic nitrogens is 1. The van der Waals surface area contributed by atoms with Crippen LogP contribution in [0, 0.1) is 0 Å². The van der Waals surface area contributed by atoms with Gasteiger partial charge < -0.3 is 9.80 Å². The molecule has 0 fully saturated rings. The van der Waals surface area contributed by atoms with Crippen LogP contribution in [0.2, 0.25) is 0 Å². The lowest BCUT2D eigenvalue weighted by Crippen LogP contribution is -2.33. The first kappa shape index (κ1) is 20.4. The molecule has 0 aliphatic rings. The Balaban J connectivity index is 2.43. The molecule has 2 amide bonds. The number of benzene rings is 1. The summed E-state index contributed by atoms with van der Waals surface area (Å²) in [5.74, 6) is -0.490. The van der Waals surface area contributed by atoms with Crippen molar-refractivity contribution in [2.45, 2.75) is 33.5 Å². The first-order chi connectivity index (χ1) is 12.9. The van der Waals surface area contributed by atoms with Gasteiger partial charge in [0.05, 0.1) is 6.54 Å². The van der Waals surface area contributed by atoms with Gasteiger partial charge in [-0.2, -0.15) is 8.78 Å². The van der Waals surface area contributed by atoms with E-state index in [2.05, 4.69) is 6.58 Å². The van der Waals surface area contributed by atoms with Gasteiger partial charge in [0, 0.05) is 37.6 Å². The number of rotatable bonds is 8. The maximum atomic E-state index is 13.2. The van der Waals surface area contributed by atoms with Crippen LogP contribution in [0.25, 0.3) is 0 Å². The van der Waals surface area contributed by atoms with Crippen molar-refractivity contribution in [2.75, 3.05) is 11.4 Å². The number of hydrogen-bond donors (Lipinski definition) is 0. The summed E-state index contributed by atoms with van der Waals surface area (Å²) in [4.78, 5) is 27.3. The summed E-state index contributed by atoms with van der Waals surface area (Å²) in [7, 11) is 0. The van der Waals surface area contributed by atoms with E-state index in [9.17, 15) is 18.4 Å². The van der Waals surface area contributed by atoms with E-state index < -0.39 is 12.5 Å². The van der Waals surface area contributed by atoms with Crippen molar-refractivity contribution in [1.29, 1.82) is 0 Å². The standard InChI is InChI=1S/C20H23F2N3O2/c1-4-19(27)25(14-17-10-8-12-24(17)20(21)22)18-11-7-6-9-16(18)13-23(5-2)15(3)26/h4,6-12,20H,1,5,13-14H2,2-3H3. The highest BCUT2D eigenvalue weighted by Crippen LogP contribution is 2.26. The minimum absolute atomic E-state index is 0.0363. The molecule has 0 N–H and O–H groups in total. The van der Waals surface area contributed by atoms with Crippen LogP contribution in [0.5, 0.6) is 0 Å². The highest BCUT2D eigenvalue weighted by atomic mass is 19.3. The Bertz CT molecular complexity index is 817. The van der Waals surface area contributed by atoms with Gasteiger partial charge in [0.1, 0.15) is 0 Å². The topological polar surface area (TPSA) is 45.6 Å². The number of alkyl halides is 2. The van der Waals surface area contributed by atoms with Crippen molar-refractivity contribution in [3.05, 3.63) is 66.5 Å². The van der Waals surface area contributed by atoms with Gasteiger partial charge in [-0.25, -0.2) is 0 Å². The van der Waals surface area contributed by atoms with Crippen molar-refractivity contribution < 1.29 is 18.4 Å². The first-order valence-electron chi connectivity index (χ1n) is 8.60. The second kappa shape index (κ2) is 9.12. The van der Waals surface area contributed by atoms with Crippen LogP contribution < -0.4 is 4.90 Å². The molecular formula is C20H23F2N3O2. The zero-order valence-corrected chi connectivity index (χ0v) is 15.4. The largest absolute Gasteiger partial charge is 0.339 e. The fourth-order valence-electron chi connectivity index (χ4n) is 2.87. The lowest BCUT2D eigenvalue weighted by Gasteiger charge is -2.27. The molecule has 1 aromatic heterocycles. The van der Waals surface area contributed by atoms with E-state index in [1.807, 2.05) is 19.1 Å². The van der Waals surface area contributed by atoms with E-state index in [4.69, 9.17) is 0 Å². The molecule has 5 nitrogen and oxygen atoms in total. The lowest BCUT2D eigenvalue weighted by atomic mass is 10.1. The third-order valence-electron chi connectivity index (χ3n) is 4.31. The number of anilines is 1. The van der Waals surface area contributed by atoms with Crippen molar-refractivity contribution in [2.24, 2.45) is 0 Å². The predicted octanol–water partition coefficient (Wildman–Crippen LogP) is 3.97. The smallest absolute Gasteiger partial charge is 0.318 e. The third-order valence-corrected chi connectivity index (χ3v) is 4.31. The summed E-state index contributed by atoms with van der Waals surface area (Å²) in [6, 6.07) is 10.2. The second-order valence-corrected chi connectivity index (χ2v) is 5.97. The molecule has 0 unspecified atom stereocenters. The molecule has 2 rings (SSSR count). The number of para-hydroxylation sites is 1. The normalized spacial score (nSPS) is 10.7. The molecule has 0 spiro atoms. The molecule has 7 heteroatoms. The van der Waals surface area contributed by atoms with Gasteiger partial charge in [0.25, 0.3) is 5.91 Å². The van der Waals surface area contributed by atoms with Gasteiger partial charge in [0.15, 0.2) is 0 Å². The Labute approximate surface area is 157 Å². The van der Waals surface area contributed by atoms with Gasteiger partial charge in [-0.1, -0.05) is 24.8 Å². The summed E-state index contributed by atoms with van der Waals surface area (Å²) < 4.78 is 27.2. The van der Waals surface area contributed by atoms with Crippen LogP contribution in [0.3, 0.4) is 0 Å². The summed E-state index contributed by atoms with van der Waals surface area (Å²) in [5, 5.41) is 0. The van der Waals surface area contributed by atoms with Crippen molar-refractivity contribution >= 4 is 17.5 Å². The van der Waals surface area contributed by atoms with Crippen LogP contribution in [0.15, 0.2) is 55.3 Å². The fourth-order valence-corrected chi connectivity index (χ4v) is 2.87. The van der Waals surface area contributed by atoms with Gasteiger partial charge >= 0.3 is 6.55 Å². The summed E-state index contributed by atoms with van der Waals surface area (Å²) in [6.07, 6.45) is 2.42. The maximum absolute atomic E-state index is 13.2. The van der Waals surface area contributed by atoms with E-state index in [-0.39, 0.29) is 12.5 Å². The zero-order valence-electron chi connectivity index (χ0n) is 15.4. The molecular weight excluding hydrogens is 352 g/mol. The molecule has 0 bridgehead atoms. The van der Waals surface area contributed by atoms with Gasteiger partial charge in [-0.3, -0.25) is 14.2 Å². The van der Waals surface area contributed by atoms with Gasteiger partial charge in [0.2, 0.25) is 5.91 Å². The summed E-state index contributed by atoms with van der Waals surface area (Å²) in [6.45, 7) is 4.97. The molecule has 0 radical (unpaired) electrons. The molecule has 0 atom stereocenters. The van der Waals surface area contributed by atoms with Gasteiger partial charge in [-0.05, 0) is 36.8 Å². The molecule has 144 valence electrons. The number of carbonyl (C=O) groups is 2. The van der Waals surface area contributed by atoms with Crippen LogP contribution in [-0.4, -0.2) is 27.8 Å². The predicted molar refractivity (Wildman–Crippen MR) is 100 cm³/mol. The number of carbonyl (C=O) groups excluding carboxylic acids is 2. The van der Waals surface area contributed by atoms with Crippen molar-refractivity contribution in [3.8, 4) is 0 Å². The summed E-state index contributed by atoms with van der Waals surface area (Å²) >= 11 is 0. The molecule has 0 aliphatic carbocycles. The molecule has 1 aromatic carbocycles. The van der Waals surface area contributed by atoms with E-state index in [1.54, 1.807) is 23.1 Å². The highest BCUT2D eigenvalue weighted by molar-refractivity contribution is 6.01. The molecule has 1 heterocycles. The quantitative estimate of drug-likeness (QED) is 0.656. The maximum Gasteiger partial charge on any atom is 0.318 e. The zero-order chi connectivity index (χ0) is 20.0. The second-order valence-electron chi connectivity index (χ2n) is 5.97. The van der Waals surface area contributed by atoms with E-state index in [0.717, 1.165) is 16.2 Å². The lowest BCUT2D eigenvalue weighted by molar-refractivity contribution is -0.129. The van der Waals surface area contributed by atoms with E-state index in [1.165, 1.54) is 24.1 Å². The average Bonchev–Trinajstić information content (AvgIpc) is 3.12. The SMILES string of the molecule is C=CC(=O)N(Cc1cccn1C(F)F)c1ccccc1CN(CC)C(C)=O. The molecule has 0 saturated carbocycles. The Kier molecular flexibility index (Phi) is 6.87. The van der Waals surface area contributed by atoms with Crippen molar-refractivity contribution in [1.82, 2.24) is 9.47 Å². The minimum atomic E-state index is -2.70. The van der Waals surface area contributed by atoms with Crippen LogP contribution in [0.4, 0.5) is 14.5 Å². The first-order valence-corrected chi connectivity index (χ1v) is 8.60. The van der Waals surface area contributed by atoms with Crippen LogP contribution in [-0.2, 0) is 22.7 Å². The third kappa shape index (κ3) is 4.81. The van der Waals surface area contributed by atoms with E-state index in [0.29, 0.717) is 24.5 Å². The minimum Gasteiger partial charge on any atom is -0.339 e. The fraction of sp³-hybridized carbons (Fsp3) is 0.300. The van der Waals surface area contributed by atoms with Gasteiger partial charge in [-0.15, -0.1) is 0 Å². The average molecular weight is 375 g/mol. The number of amides is 2. The Morgan fingerprint density at radius 2 is 1.89 bits per heavy atom. The number of hydrogen-bond acceptors (Lipinski definition) is 2. The number of nitrogens with zero attached hydrogens (tertiary/aromatic N) is 3.